The molecule has 4 heteroatoms. The second-order valence-corrected chi connectivity index (χ2v) is 4.11. The number of hydrogen-bond acceptors (Lipinski definition) is 1. The van der Waals surface area contributed by atoms with E-state index in [0.717, 1.165) is 11.1 Å². The zero-order valence-corrected chi connectivity index (χ0v) is 10.1. The second-order valence-electron chi connectivity index (χ2n) is 3.68. The van der Waals surface area contributed by atoms with E-state index in [4.69, 9.17) is 11.6 Å². The highest BCUT2D eigenvalue weighted by Crippen LogP contribution is 2.08. The topological polar surface area (TPSA) is 41.1 Å². The molecule has 0 atom stereocenters. The van der Waals surface area contributed by atoms with Crippen LogP contribution in [0.25, 0.3) is 0 Å². The summed E-state index contributed by atoms with van der Waals surface area (Å²) in [6, 6.07) is 7.14. The Morgan fingerprint density at radius 2 is 1.94 bits per heavy atom. The molecule has 2 N–H and O–H groups in total. The quantitative estimate of drug-likeness (QED) is 0.835. The highest BCUT2D eigenvalue weighted by Gasteiger charge is 1.97. The summed E-state index contributed by atoms with van der Waals surface area (Å²) < 4.78 is 0. The summed E-state index contributed by atoms with van der Waals surface area (Å²) in [7, 11) is 0. The van der Waals surface area contributed by atoms with Crippen molar-refractivity contribution in [2.75, 3.05) is 0 Å². The molecule has 0 bridgehead atoms. The van der Waals surface area contributed by atoms with E-state index in [-0.39, 0.29) is 6.03 Å². The van der Waals surface area contributed by atoms with Gasteiger partial charge < -0.3 is 10.6 Å². The van der Waals surface area contributed by atoms with Crippen LogP contribution in [0.2, 0.25) is 5.02 Å². The monoisotopic (exact) mass is 238 g/mol. The molecule has 0 aliphatic rings. The van der Waals surface area contributed by atoms with Crippen LogP contribution in [0.15, 0.2) is 36.0 Å². The maximum atomic E-state index is 11.3. The van der Waals surface area contributed by atoms with Crippen LogP contribution >= 0.6 is 11.6 Å². The van der Waals surface area contributed by atoms with E-state index in [1.165, 1.54) is 0 Å². The van der Waals surface area contributed by atoms with E-state index in [9.17, 15) is 4.79 Å². The van der Waals surface area contributed by atoms with Crippen molar-refractivity contribution in [1.82, 2.24) is 10.6 Å². The van der Waals surface area contributed by atoms with Gasteiger partial charge in [-0.2, -0.15) is 0 Å². The SMILES string of the molecule is CC(C)=CNC(=O)NCc1ccc(Cl)cc1. The molecular weight excluding hydrogens is 224 g/mol. The lowest BCUT2D eigenvalue weighted by Gasteiger charge is -2.05. The van der Waals surface area contributed by atoms with E-state index in [0.29, 0.717) is 11.6 Å². The molecule has 3 nitrogen and oxygen atoms in total. The van der Waals surface area contributed by atoms with Gasteiger partial charge in [-0.1, -0.05) is 29.3 Å². The third-order valence-electron chi connectivity index (χ3n) is 1.86. The lowest BCUT2D eigenvalue weighted by atomic mass is 10.2. The van der Waals surface area contributed by atoms with E-state index < -0.39 is 0 Å². The molecule has 0 saturated heterocycles. The molecular formula is C12H15ClN2O. The number of halogens is 1. The fraction of sp³-hybridized carbons (Fsp3) is 0.250. The first-order valence-electron chi connectivity index (χ1n) is 5.00. The van der Waals surface area contributed by atoms with Gasteiger partial charge in [0.1, 0.15) is 0 Å². The first-order chi connectivity index (χ1) is 7.58. The number of amides is 2. The van der Waals surface area contributed by atoms with Crippen molar-refractivity contribution < 1.29 is 4.79 Å². The number of benzene rings is 1. The van der Waals surface area contributed by atoms with E-state index >= 15 is 0 Å². The Morgan fingerprint density at radius 1 is 1.31 bits per heavy atom. The minimum Gasteiger partial charge on any atom is -0.334 e. The molecule has 0 heterocycles. The molecule has 0 unspecified atom stereocenters. The molecule has 0 aliphatic heterocycles. The Hall–Kier alpha value is -1.48. The van der Waals surface area contributed by atoms with Crippen LogP contribution in [0.5, 0.6) is 0 Å². The van der Waals surface area contributed by atoms with Crippen LogP contribution in [0, 0.1) is 0 Å². The van der Waals surface area contributed by atoms with Gasteiger partial charge in [0.2, 0.25) is 0 Å². The predicted molar refractivity (Wildman–Crippen MR) is 66.3 cm³/mol. The zero-order chi connectivity index (χ0) is 12.0. The van der Waals surface area contributed by atoms with Gasteiger partial charge in [0.25, 0.3) is 0 Å². The maximum absolute atomic E-state index is 11.3. The summed E-state index contributed by atoms with van der Waals surface area (Å²) in [5.41, 5.74) is 2.05. The van der Waals surface area contributed by atoms with Crippen LogP contribution in [0.3, 0.4) is 0 Å². The van der Waals surface area contributed by atoms with Crippen molar-refractivity contribution in [1.29, 1.82) is 0 Å². The van der Waals surface area contributed by atoms with Crippen LogP contribution in [0.1, 0.15) is 19.4 Å². The molecule has 0 aromatic heterocycles. The first kappa shape index (κ1) is 12.6. The third kappa shape index (κ3) is 4.84. The van der Waals surface area contributed by atoms with Crippen LogP contribution in [-0.4, -0.2) is 6.03 Å². The highest BCUT2D eigenvalue weighted by atomic mass is 35.5. The van der Waals surface area contributed by atoms with E-state index in [1.54, 1.807) is 18.3 Å². The van der Waals surface area contributed by atoms with Crippen LogP contribution in [0.4, 0.5) is 4.79 Å². The van der Waals surface area contributed by atoms with Gasteiger partial charge >= 0.3 is 6.03 Å². The number of rotatable bonds is 3. The van der Waals surface area contributed by atoms with Crippen molar-refractivity contribution in [3.05, 3.63) is 46.6 Å². The standard InChI is InChI=1S/C12H15ClN2O/c1-9(2)7-14-12(16)15-8-10-3-5-11(13)6-4-10/h3-7H,8H2,1-2H3,(H2,14,15,16). The fourth-order valence-electron chi connectivity index (χ4n) is 1.05. The first-order valence-corrected chi connectivity index (χ1v) is 5.38. The molecule has 2 amide bonds. The Bertz CT molecular complexity index is 381. The summed E-state index contributed by atoms with van der Waals surface area (Å²) in [5, 5.41) is 6.05. The van der Waals surface area contributed by atoms with Crippen LogP contribution in [-0.2, 0) is 6.54 Å². The molecule has 86 valence electrons. The number of allylic oxidation sites excluding steroid dienone is 1. The van der Waals surface area contributed by atoms with Gasteiger partial charge in [-0.25, -0.2) is 4.79 Å². The fourth-order valence-corrected chi connectivity index (χ4v) is 1.17. The Balaban J connectivity index is 2.37. The Kier molecular flexibility index (Phi) is 4.86. The van der Waals surface area contributed by atoms with Gasteiger partial charge in [-0.3, -0.25) is 0 Å². The zero-order valence-electron chi connectivity index (χ0n) is 9.38. The number of carbonyl (C=O) groups excluding carboxylic acids is 1. The average Bonchev–Trinajstić information content (AvgIpc) is 2.25. The molecule has 0 aliphatic carbocycles. The lowest BCUT2D eigenvalue weighted by molar-refractivity contribution is 0.243. The molecule has 0 spiro atoms. The normalized spacial score (nSPS) is 9.44. The maximum Gasteiger partial charge on any atom is 0.319 e. The highest BCUT2D eigenvalue weighted by molar-refractivity contribution is 6.30. The summed E-state index contributed by atoms with van der Waals surface area (Å²) in [6.45, 7) is 4.32. The Morgan fingerprint density at radius 3 is 2.50 bits per heavy atom. The number of hydrogen-bond donors (Lipinski definition) is 2. The van der Waals surface area contributed by atoms with Crippen molar-refractivity contribution in [2.45, 2.75) is 20.4 Å². The molecule has 0 radical (unpaired) electrons. The summed E-state index contributed by atoms with van der Waals surface area (Å²) >= 11 is 5.75. The number of carbonyl (C=O) groups is 1. The molecule has 0 fully saturated rings. The van der Waals surface area contributed by atoms with E-state index in [2.05, 4.69) is 10.6 Å². The molecule has 0 saturated carbocycles. The van der Waals surface area contributed by atoms with Crippen molar-refractivity contribution in [3.8, 4) is 0 Å². The van der Waals surface area contributed by atoms with Gasteiger partial charge in [-0.15, -0.1) is 0 Å². The Labute approximate surface area is 100 Å². The second kappa shape index (κ2) is 6.18. The summed E-state index contributed by atoms with van der Waals surface area (Å²) in [5.74, 6) is 0. The van der Waals surface area contributed by atoms with Crippen molar-refractivity contribution in [2.24, 2.45) is 0 Å². The minimum atomic E-state index is -0.212. The molecule has 1 rings (SSSR count). The average molecular weight is 239 g/mol. The third-order valence-corrected chi connectivity index (χ3v) is 2.11. The predicted octanol–water partition coefficient (Wildman–Crippen LogP) is 3.06. The molecule has 16 heavy (non-hydrogen) atoms. The van der Waals surface area contributed by atoms with Gasteiger partial charge in [-0.05, 0) is 31.5 Å². The molecule has 1 aromatic rings. The van der Waals surface area contributed by atoms with Crippen molar-refractivity contribution >= 4 is 17.6 Å². The minimum absolute atomic E-state index is 0.212. The van der Waals surface area contributed by atoms with Gasteiger partial charge in [0, 0.05) is 17.8 Å². The smallest absolute Gasteiger partial charge is 0.319 e. The number of nitrogens with one attached hydrogen (secondary N) is 2. The van der Waals surface area contributed by atoms with Gasteiger partial charge in [0.15, 0.2) is 0 Å². The largest absolute Gasteiger partial charge is 0.334 e. The van der Waals surface area contributed by atoms with E-state index in [1.807, 2.05) is 26.0 Å². The summed E-state index contributed by atoms with van der Waals surface area (Å²) in [4.78, 5) is 11.3. The lowest BCUT2D eigenvalue weighted by Crippen LogP contribution is -2.31. The summed E-state index contributed by atoms with van der Waals surface area (Å²) in [6.07, 6.45) is 1.66. The van der Waals surface area contributed by atoms with Crippen molar-refractivity contribution in [3.63, 3.8) is 0 Å². The van der Waals surface area contributed by atoms with Gasteiger partial charge in [0.05, 0.1) is 0 Å². The molecule has 1 aromatic carbocycles. The number of urea groups is 1. The van der Waals surface area contributed by atoms with Crippen LogP contribution < -0.4 is 10.6 Å².